The molecular formula is C35H49N15O22P4. The highest BCUT2D eigenvalue weighted by molar-refractivity contribution is 7.66. The lowest BCUT2D eigenvalue weighted by molar-refractivity contribution is -0.745. The Morgan fingerprint density at radius 3 is 2.04 bits per heavy atom. The van der Waals surface area contributed by atoms with Crippen molar-refractivity contribution in [2.45, 2.75) is 73.5 Å². The van der Waals surface area contributed by atoms with Crippen LogP contribution in [-0.4, -0.2) is 172 Å². The van der Waals surface area contributed by atoms with E-state index < -0.39 is 141 Å². The first-order valence-electron chi connectivity index (χ1n) is 22.2. The molecule has 416 valence electrons. The van der Waals surface area contributed by atoms with E-state index in [9.17, 15) is 62.7 Å². The number of hydrogen-bond acceptors (Lipinski definition) is 28. The van der Waals surface area contributed by atoms with E-state index in [0.29, 0.717) is 0 Å². The summed E-state index contributed by atoms with van der Waals surface area (Å²) in [5, 5.41) is 33.3. The van der Waals surface area contributed by atoms with Gasteiger partial charge in [0, 0.05) is 27.5 Å². The molecule has 6 aromatic heterocycles. The van der Waals surface area contributed by atoms with Crippen molar-refractivity contribution in [1.82, 2.24) is 53.6 Å². The number of ether oxygens (including phenoxy) is 5. The Morgan fingerprint density at radius 2 is 1.37 bits per heavy atom. The Bertz CT molecular complexity index is 3490. The van der Waals surface area contributed by atoms with Crippen LogP contribution in [0.4, 0.5) is 17.7 Å². The number of aliphatic hydroxyl groups is 3. The number of hydrogen-bond donors (Lipinski definition) is 11. The third-order valence-electron chi connectivity index (χ3n) is 12.6. The predicted molar refractivity (Wildman–Crippen MR) is 249 cm³/mol. The van der Waals surface area contributed by atoms with E-state index in [0.717, 1.165) is 30.7 Å². The zero-order chi connectivity index (χ0) is 55.0. The molecule has 3 aliphatic heterocycles. The maximum Gasteiger partial charge on any atom is 0.490 e. The number of phosphoric acid groups is 3. The number of aryl methyl sites for hydroxylation is 1. The van der Waals surface area contributed by atoms with Gasteiger partial charge in [-0.2, -0.15) is 13.6 Å². The molecule has 0 spiro atoms. The molecule has 14 N–H and O–H groups in total. The number of nitrogens with one attached hydrogen (secondary N) is 2. The third kappa shape index (κ3) is 10.8. The lowest BCUT2D eigenvalue weighted by Gasteiger charge is -2.36. The van der Waals surface area contributed by atoms with Crippen LogP contribution in [0, 0.1) is 5.92 Å². The second-order valence-corrected chi connectivity index (χ2v) is 24.6. The number of aliphatic hydroxyl groups excluding tert-OH is 3. The monoisotopic (exact) mass is 1160 g/mol. The molecule has 0 aliphatic carbocycles. The first-order chi connectivity index (χ1) is 35.7. The highest BCUT2D eigenvalue weighted by atomic mass is 31.3. The average Bonchev–Trinajstić information content (AvgIpc) is 4.21. The SMILES string of the molecule is COC[C@H]1[C@@H](O)[C@H]([n+]2cn(C)c3c(=O)[nH]c(N)nc32)O[C@@H]1COP(=O)(O)OP(=O)(O)OP(=O)(O)OCC1O[C@@H](n2cnc3c(N)ncnc32)[C@H](OC)[C@@H]1P(=O)([O-])CC[C@H]1O[C@@H](n2cnc3c(=O)[nH]c(N)nc32)[C@H](O)[C@@H]1O. The summed E-state index contributed by atoms with van der Waals surface area (Å²) in [6.07, 6.45) is -11.9. The zero-order valence-corrected chi connectivity index (χ0v) is 43.1. The van der Waals surface area contributed by atoms with Gasteiger partial charge in [0.1, 0.15) is 36.3 Å². The standard InChI is InChI=1S/C35H49N15O22P4/c1-47-12-50(28-19(47)30(55)46-35(38)44-28)31-20(51)13(6-64-2)15(69-31)7-66-74(58,59)71-76(62,63)72-75(60,61)67-8-16-24(23(65-3)33(70-16)48-10-41-17-25(36)39-9-40-26(17)48)73(56,57)5-4-14-21(52)22(53)32(68-14)49-11-42-18-27(49)43-34(37)45-29(18)54/h9-16,20-24,31-33,51-53H,4-8H2,1-3H3,(H11-,36,37,38,39,40,43,44,45,46,54,55,56,57,58,59,60,61,62,63)/t13-,14-,15-,16?,20-,21-,22-,23-,24-,31-,32-,33-/m1/s1. The lowest BCUT2D eigenvalue weighted by atomic mass is 9.99. The smallest absolute Gasteiger partial charge is 0.490 e. The topological polar surface area (TPSA) is 536 Å². The zero-order valence-electron chi connectivity index (χ0n) is 39.5. The number of phosphoric ester groups is 2. The third-order valence-corrected chi connectivity index (χ3v) is 19.3. The summed E-state index contributed by atoms with van der Waals surface area (Å²) in [7, 11) is -19.1. The number of nitrogens with two attached hydrogens (primary N) is 3. The molecule has 0 bridgehead atoms. The van der Waals surface area contributed by atoms with Gasteiger partial charge in [0.2, 0.25) is 17.7 Å². The maximum absolute atomic E-state index is 14.5. The molecule has 37 nitrogen and oxygen atoms in total. The number of nitrogens with zero attached hydrogens (tertiary/aromatic N) is 10. The lowest BCUT2D eigenvalue weighted by Crippen LogP contribution is -2.45. The molecule has 0 saturated carbocycles. The van der Waals surface area contributed by atoms with Gasteiger partial charge < -0.3 is 80.3 Å². The van der Waals surface area contributed by atoms with Crippen molar-refractivity contribution < 1.29 is 99.1 Å². The number of methoxy groups -OCH3 is 2. The molecule has 0 amide bonds. The number of anilines is 3. The van der Waals surface area contributed by atoms with Crippen LogP contribution in [0.25, 0.3) is 33.5 Å². The van der Waals surface area contributed by atoms with Gasteiger partial charge in [0.05, 0.1) is 63.5 Å². The van der Waals surface area contributed by atoms with Crippen molar-refractivity contribution in [2.24, 2.45) is 13.0 Å². The Hall–Kier alpha value is -5.07. The molecule has 41 heteroatoms. The van der Waals surface area contributed by atoms with Crippen molar-refractivity contribution >= 4 is 82.0 Å². The van der Waals surface area contributed by atoms with E-state index in [2.05, 4.69) is 48.5 Å². The number of fused-ring (bicyclic) bond motifs is 3. The van der Waals surface area contributed by atoms with Gasteiger partial charge >= 0.3 is 29.1 Å². The predicted octanol–water partition coefficient (Wildman–Crippen LogP) is -3.91. The molecule has 76 heavy (non-hydrogen) atoms. The van der Waals surface area contributed by atoms with Crippen LogP contribution in [0.2, 0.25) is 0 Å². The Morgan fingerprint density at radius 1 is 0.750 bits per heavy atom. The first kappa shape index (κ1) is 55.7. The summed E-state index contributed by atoms with van der Waals surface area (Å²) in [5.41, 5.74) is 14.0. The van der Waals surface area contributed by atoms with Crippen LogP contribution in [0.5, 0.6) is 0 Å². The number of nitrogen functional groups attached to an aromatic ring is 3. The summed E-state index contributed by atoms with van der Waals surface area (Å²) < 4.78 is 106. The molecule has 9 rings (SSSR count). The number of aromatic nitrogens is 12. The van der Waals surface area contributed by atoms with Gasteiger partial charge in [-0.25, -0.2) is 38.2 Å². The van der Waals surface area contributed by atoms with Crippen LogP contribution in [0.15, 0.2) is 34.9 Å². The number of rotatable bonds is 20. The van der Waals surface area contributed by atoms with Crippen molar-refractivity contribution in [3.63, 3.8) is 0 Å². The highest BCUT2D eigenvalue weighted by Gasteiger charge is 2.54. The summed E-state index contributed by atoms with van der Waals surface area (Å²) >= 11 is 0. The van der Waals surface area contributed by atoms with Crippen molar-refractivity contribution in [3.05, 3.63) is 46.0 Å². The highest BCUT2D eigenvalue weighted by Crippen LogP contribution is 2.68. The van der Waals surface area contributed by atoms with Gasteiger partial charge in [0.15, 0.2) is 41.4 Å². The Labute approximate surface area is 423 Å². The van der Waals surface area contributed by atoms with Crippen molar-refractivity contribution in [1.29, 1.82) is 0 Å². The fraction of sp³-hybridized carbons (Fsp3) is 0.571. The van der Waals surface area contributed by atoms with E-state index in [1.807, 2.05) is 0 Å². The molecule has 3 fully saturated rings. The molecule has 3 aliphatic rings. The molecule has 3 saturated heterocycles. The molecule has 9 heterocycles. The molecule has 0 radical (unpaired) electrons. The number of H-pyrrole nitrogens is 2. The summed E-state index contributed by atoms with van der Waals surface area (Å²) in [6.45, 7) is -2.46. The van der Waals surface area contributed by atoms with Gasteiger partial charge in [-0.05, 0) is 12.6 Å². The quantitative estimate of drug-likeness (QED) is 0.0257. The van der Waals surface area contributed by atoms with Crippen molar-refractivity contribution in [3.8, 4) is 0 Å². The molecule has 16 atom stereocenters. The fourth-order valence-corrected chi connectivity index (χ4v) is 15.2. The van der Waals surface area contributed by atoms with Gasteiger partial charge in [0.25, 0.3) is 17.1 Å². The molecule has 0 aromatic carbocycles. The van der Waals surface area contributed by atoms with E-state index in [1.165, 1.54) is 34.2 Å². The first-order valence-corrected chi connectivity index (χ1v) is 28.5. The minimum absolute atomic E-state index is 0.0165. The summed E-state index contributed by atoms with van der Waals surface area (Å²) in [4.78, 5) is 100. The van der Waals surface area contributed by atoms with Gasteiger partial charge in [-0.3, -0.25) is 42.3 Å². The normalized spacial score (nSPS) is 30.2. The van der Waals surface area contributed by atoms with E-state index in [4.69, 9.17) is 49.9 Å². The summed E-state index contributed by atoms with van der Waals surface area (Å²) in [5.74, 6) is -1.67. The molecule has 6 aromatic rings. The molecular weight excluding hydrogens is 1110 g/mol. The summed E-state index contributed by atoms with van der Waals surface area (Å²) in [6, 6.07) is 0. The molecule has 5 unspecified atom stereocenters. The Kier molecular flexibility index (Phi) is 15.3. The average molecular weight is 1160 g/mol. The number of aromatic amines is 2. The second-order valence-electron chi connectivity index (χ2n) is 17.5. The van der Waals surface area contributed by atoms with Gasteiger partial charge in [-0.15, -0.1) is 0 Å². The minimum Gasteiger partial charge on any atom is -0.799 e. The minimum atomic E-state index is -6.18. The van der Waals surface area contributed by atoms with Crippen LogP contribution < -0.4 is 37.8 Å². The number of imidazole rings is 3. The van der Waals surface area contributed by atoms with Crippen molar-refractivity contribution in [2.75, 3.05) is 57.4 Å². The fourth-order valence-electron chi connectivity index (χ4n) is 9.35. The second kappa shape index (κ2) is 21.0. The van der Waals surface area contributed by atoms with Crippen LogP contribution in [0.1, 0.15) is 25.1 Å². The van der Waals surface area contributed by atoms with Crippen LogP contribution >= 0.6 is 30.8 Å². The largest absolute Gasteiger partial charge is 0.799 e. The van der Waals surface area contributed by atoms with Crippen LogP contribution in [0.3, 0.4) is 0 Å². The van der Waals surface area contributed by atoms with Gasteiger partial charge in [-0.1, -0.05) is 4.98 Å². The van der Waals surface area contributed by atoms with E-state index in [1.54, 1.807) is 0 Å². The van der Waals surface area contributed by atoms with E-state index in [-0.39, 0.29) is 57.8 Å². The van der Waals surface area contributed by atoms with E-state index >= 15 is 0 Å². The Balaban J connectivity index is 0.888. The van der Waals surface area contributed by atoms with Crippen LogP contribution in [-0.2, 0) is 66.7 Å². The maximum atomic E-state index is 14.5.